The van der Waals surface area contributed by atoms with Gasteiger partial charge in [0.25, 0.3) is 0 Å². The van der Waals surface area contributed by atoms with Gasteiger partial charge >= 0.3 is 0 Å². The number of halogens is 1. The number of aromatic nitrogens is 1. The van der Waals surface area contributed by atoms with Crippen LogP contribution in [0.1, 0.15) is 31.4 Å². The normalized spacial score (nSPS) is 12.7. The topological polar surface area (TPSA) is 17.0 Å². The monoisotopic (exact) mass is 310 g/mol. The summed E-state index contributed by atoms with van der Waals surface area (Å²) < 4.78 is 15.3. The molecule has 0 amide bonds. The average molecular weight is 310 g/mol. The molecule has 0 fully saturated rings. The van der Waals surface area contributed by atoms with E-state index in [1.165, 1.54) is 28.6 Å². The molecule has 0 aliphatic heterocycles. The van der Waals surface area contributed by atoms with Crippen LogP contribution >= 0.6 is 0 Å². The second-order valence-electron chi connectivity index (χ2n) is 6.12. The summed E-state index contributed by atoms with van der Waals surface area (Å²) in [6.45, 7) is 6.02. The molecule has 0 saturated carbocycles. The van der Waals surface area contributed by atoms with Crippen LogP contribution in [0.4, 0.5) is 4.39 Å². The number of hydrogen-bond acceptors (Lipinski definition) is 1. The molecule has 0 aliphatic rings. The first kappa shape index (κ1) is 15.8. The molecular weight excluding hydrogens is 287 g/mol. The van der Waals surface area contributed by atoms with Crippen molar-refractivity contribution in [2.45, 2.75) is 39.4 Å². The predicted molar refractivity (Wildman–Crippen MR) is 94.0 cm³/mol. The summed E-state index contributed by atoms with van der Waals surface area (Å²) >= 11 is 0. The van der Waals surface area contributed by atoms with Gasteiger partial charge in [0.05, 0.1) is 0 Å². The maximum atomic E-state index is 13.1. The van der Waals surface area contributed by atoms with Gasteiger partial charge in [0, 0.05) is 36.2 Å². The number of fused-ring (bicyclic) bond motifs is 1. The number of hydrogen-bond donors (Lipinski definition) is 1. The van der Waals surface area contributed by atoms with Gasteiger partial charge in [-0.15, -0.1) is 0 Å². The smallest absolute Gasteiger partial charge is 0.123 e. The predicted octanol–water partition coefficient (Wildman–Crippen LogP) is 4.72. The Morgan fingerprint density at radius 1 is 1.09 bits per heavy atom. The molecular formula is C20H23FN2. The lowest BCUT2D eigenvalue weighted by atomic mass is 10.1. The Bertz CT molecular complexity index is 774. The molecule has 120 valence electrons. The Hall–Kier alpha value is -2.13. The Balaban J connectivity index is 1.89. The van der Waals surface area contributed by atoms with Crippen molar-refractivity contribution in [2.75, 3.05) is 0 Å². The summed E-state index contributed by atoms with van der Waals surface area (Å²) in [4.78, 5) is 0. The second kappa shape index (κ2) is 6.97. The molecule has 1 N–H and O–H groups in total. The number of nitrogens with zero attached hydrogens (tertiary/aromatic N) is 1. The molecule has 2 aromatic carbocycles. The minimum absolute atomic E-state index is 0.190. The molecule has 3 heteroatoms. The van der Waals surface area contributed by atoms with Gasteiger partial charge in [-0.2, -0.15) is 0 Å². The Kier molecular flexibility index (Phi) is 4.77. The Morgan fingerprint density at radius 2 is 1.83 bits per heavy atom. The number of para-hydroxylation sites is 1. The van der Waals surface area contributed by atoms with Crippen LogP contribution in [0.2, 0.25) is 0 Å². The number of rotatable bonds is 6. The zero-order chi connectivity index (χ0) is 16.2. The quantitative estimate of drug-likeness (QED) is 0.697. The summed E-state index contributed by atoms with van der Waals surface area (Å²) in [6, 6.07) is 15.7. The van der Waals surface area contributed by atoms with Crippen LogP contribution in [0.15, 0.2) is 54.7 Å². The van der Waals surface area contributed by atoms with Crippen molar-refractivity contribution >= 4 is 10.9 Å². The summed E-state index contributed by atoms with van der Waals surface area (Å²) in [5.41, 5.74) is 3.63. The summed E-state index contributed by atoms with van der Waals surface area (Å²) in [5, 5.41) is 4.85. The van der Waals surface area contributed by atoms with Gasteiger partial charge in [-0.25, -0.2) is 4.39 Å². The second-order valence-corrected chi connectivity index (χ2v) is 6.12. The van der Waals surface area contributed by atoms with Crippen LogP contribution < -0.4 is 5.32 Å². The van der Waals surface area contributed by atoms with Crippen molar-refractivity contribution in [1.29, 1.82) is 0 Å². The molecule has 0 aliphatic carbocycles. The number of benzene rings is 2. The first-order chi connectivity index (χ1) is 11.2. The molecule has 3 aromatic rings. The summed E-state index contributed by atoms with van der Waals surface area (Å²) in [5.74, 6) is -0.190. The van der Waals surface area contributed by atoms with E-state index in [1.807, 2.05) is 12.1 Å². The zero-order valence-electron chi connectivity index (χ0n) is 13.7. The van der Waals surface area contributed by atoms with E-state index < -0.39 is 0 Å². The van der Waals surface area contributed by atoms with Crippen molar-refractivity contribution in [3.05, 3.63) is 71.7 Å². The van der Waals surface area contributed by atoms with Gasteiger partial charge in [-0.3, -0.25) is 0 Å². The molecule has 0 radical (unpaired) electrons. The van der Waals surface area contributed by atoms with Gasteiger partial charge in [0.2, 0.25) is 0 Å². The largest absolute Gasteiger partial charge is 0.343 e. The highest BCUT2D eigenvalue weighted by atomic mass is 19.1. The van der Waals surface area contributed by atoms with E-state index >= 15 is 0 Å². The number of nitrogens with one attached hydrogen (secondary N) is 1. The maximum Gasteiger partial charge on any atom is 0.123 e. The van der Waals surface area contributed by atoms with Gasteiger partial charge < -0.3 is 9.88 Å². The van der Waals surface area contributed by atoms with E-state index in [0.29, 0.717) is 6.04 Å². The van der Waals surface area contributed by atoms with Gasteiger partial charge in [0.1, 0.15) is 5.82 Å². The van der Waals surface area contributed by atoms with E-state index in [-0.39, 0.29) is 5.82 Å². The van der Waals surface area contributed by atoms with Gasteiger partial charge in [-0.1, -0.05) is 37.3 Å². The minimum atomic E-state index is -0.190. The van der Waals surface area contributed by atoms with Crippen LogP contribution in [-0.2, 0) is 13.1 Å². The van der Waals surface area contributed by atoms with Crippen molar-refractivity contribution in [3.63, 3.8) is 0 Å². The molecule has 1 atom stereocenters. The standard InChI is InChI=1S/C20H23FN2/c1-3-15(2)22-12-17-14-23(20-7-5-4-6-19(17)20)13-16-8-10-18(21)11-9-16/h4-11,14-15,22H,3,12-13H2,1-2H3/t15-/m0/s1. The van der Waals surface area contributed by atoms with E-state index in [1.54, 1.807) is 0 Å². The SMILES string of the molecule is CC[C@H](C)NCc1cn(Cc2ccc(F)cc2)c2ccccc12. The third kappa shape index (κ3) is 3.62. The highest BCUT2D eigenvalue weighted by molar-refractivity contribution is 5.84. The fourth-order valence-corrected chi connectivity index (χ4v) is 2.81. The lowest BCUT2D eigenvalue weighted by Gasteiger charge is -2.10. The zero-order valence-corrected chi connectivity index (χ0v) is 13.7. The minimum Gasteiger partial charge on any atom is -0.343 e. The van der Waals surface area contributed by atoms with E-state index in [2.05, 4.69) is 54.2 Å². The molecule has 1 aromatic heterocycles. The van der Waals surface area contributed by atoms with Crippen molar-refractivity contribution < 1.29 is 4.39 Å². The average Bonchev–Trinajstić information content (AvgIpc) is 2.93. The molecule has 0 bridgehead atoms. The van der Waals surface area contributed by atoms with Crippen LogP contribution in [0.5, 0.6) is 0 Å². The fraction of sp³-hybridized carbons (Fsp3) is 0.300. The third-order valence-corrected chi connectivity index (χ3v) is 4.39. The summed E-state index contributed by atoms with van der Waals surface area (Å²) in [7, 11) is 0. The molecule has 0 unspecified atom stereocenters. The van der Waals surface area contributed by atoms with Crippen molar-refractivity contribution in [2.24, 2.45) is 0 Å². The van der Waals surface area contributed by atoms with Gasteiger partial charge in [0.15, 0.2) is 0 Å². The first-order valence-corrected chi connectivity index (χ1v) is 8.22. The third-order valence-electron chi connectivity index (χ3n) is 4.39. The van der Waals surface area contributed by atoms with Crippen molar-refractivity contribution in [1.82, 2.24) is 9.88 Å². The first-order valence-electron chi connectivity index (χ1n) is 8.22. The van der Waals surface area contributed by atoms with E-state index in [0.717, 1.165) is 25.1 Å². The van der Waals surface area contributed by atoms with Crippen LogP contribution in [0.25, 0.3) is 10.9 Å². The Labute approximate surface area is 136 Å². The van der Waals surface area contributed by atoms with Gasteiger partial charge in [-0.05, 0) is 42.7 Å². The molecule has 3 rings (SSSR count). The fourth-order valence-electron chi connectivity index (χ4n) is 2.81. The van der Waals surface area contributed by atoms with Crippen molar-refractivity contribution in [3.8, 4) is 0 Å². The molecule has 0 spiro atoms. The lowest BCUT2D eigenvalue weighted by molar-refractivity contribution is 0.535. The molecule has 0 saturated heterocycles. The highest BCUT2D eigenvalue weighted by Crippen LogP contribution is 2.22. The summed E-state index contributed by atoms with van der Waals surface area (Å²) in [6.07, 6.45) is 3.33. The lowest BCUT2D eigenvalue weighted by Crippen LogP contribution is -2.24. The van der Waals surface area contributed by atoms with Crippen LogP contribution in [0, 0.1) is 5.82 Å². The Morgan fingerprint density at radius 3 is 2.57 bits per heavy atom. The highest BCUT2D eigenvalue weighted by Gasteiger charge is 2.09. The van der Waals surface area contributed by atoms with E-state index in [4.69, 9.17) is 0 Å². The van der Waals surface area contributed by atoms with E-state index in [9.17, 15) is 4.39 Å². The van der Waals surface area contributed by atoms with Crippen LogP contribution in [-0.4, -0.2) is 10.6 Å². The molecule has 2 nitrogen and oxygen atoms in total. The molecule has 1 heterocycles. The van der Waals surface area contributed by atoms with Crippen LogP contribution in [0.3, 0.4) is 0 Å². The maximum absolute atomic E-state index is 13.1. The molecule has 23 heavy (non-hydrogen) atoms.